The van der Waals surface area contributed by atoms with Crippen LogP contribution in [0.1, 0.15) is 34.6 Å². The molecule has 0 aliphatic rings. The molecule has 0 aliphatic carbocycles. The van der Waals surface area contributed by atoms with Crippen molar-refractivity contribution in [3.8, 4) is 0 Å². The highest BCUT2D eigenvalue weighted by Gasteiger charge is 2.27. The Kier molecular flexibility index (Phi) is 6.23. The summed E-state index contributed by atoms with van der Waals surface area (Å²) in [6.07, 6.45) is 0. The lowest BCUT2D eigenvalue weighted by molar-refractivity contribution is -0.118. The van der Waals surface area contributed by atoms with Crippen LogP contribution in [0.15, 0.2) is 42.5 Å². The molecular formula is C19H18F2N2O4. The largest absolute Gasteiger partial charge is 0.478 e. The van der Waals surface area contributed by atoms with Crippen molar-refractivity contribution in [1.82, 2.24) is 5.32 Å². The Bertz CT molecular complexity index is 846. The molecular weight excluding hydrogens is 358 g/mol. The maximum atomic E-state index is 13.8. The van der Waals surface area contributed by atoms with E-state index < -0.39 is 41.0 Å². The van der Waals surface area contributed by atoms with E-state index in [0.717, 1.165) is 18.2 Å². The summed E-state index contributed by atoms with van der Waals surface area (Å²) in [4.78, 5) is 35.6. The van der Waals surface area contributed by atoms with Gasteiger partial charge in [-0.2, -0.15) is 0 Å². The van der Waals surface area contributed by atoms with Crippen LogP contribution in [-0.2, 0) is 4.79 Å². The first-order valence-corrected chi connectivity index (χ1v) is 8.09. The Labute approximate surface area is 154 Å². The Morgan fingerprint density at radius 2 is 1.52 bits per heavy atom. The van der Waals surface area contributed by atoms with E-state index in [4.69, 9.17) is 5.11 Å². The van der Waals surface area contributed by atoms with Crippen molar-refractivity contribution >= 4 is 23.5 Å². The van der Waals surface area contributed by atoms with Gasteiger partial charge < -0.3 is 15.7 Å². The van der Waals surface area contributed by atoms with Crippen molar-refractivity contribution < 1.29 is 28.3 Å². The second-order valence-corrected chi connectivity index (χ2v) is 6.16. The van der Waals surface area contributed by atoms with Crippen LogP contribution < -0.4 is 10.6 Å². The van der Waals surface area contributed by atoms with Crippen LogP contribution in [0.4, 0.5) is 14.5 Å². The number of hydrogen-bond acceptors (Lipinski definition) is 3. The zero-order chi connectivity index (χ0) is 20.1. The number of carboxylic acid groups (broad SMARTS) is 1. The van der Waals surface area contributed by atoms with Gasteiger partial charge in [-0.05, 0) is 42.3 Å². The number of nitrogens with one attached hydrogen (secondary N) is 2. The molecule has 0 saturated heterocycles. The molecule has 6 nitrogen and oxygen atoms in total. The summed E-state index contributed by atoms with van der Waals surface area (Å²) in [6.45, 7) is 3.32. The monoisotopic (exact) mass is 376 g/mol. The molecule has 2 aromatic carbocycles. The summed E-state index contributed by atoms with van der Waals surface area (Å²) in [5.41, 5.74) is -0.388. The maximum absolute atomic E-state index is 13.8. The summed E-state index contributed by atoms with van der Waals surface area (Å²) in [7, 11) is 0. The van der Waals surface area contributed by atoms with Crippen LogP contribution in [0, 0.1) is 17.6 Å². The number of aromatic carboxylic acids is 1. The van der Waals surface area contributed by atoms with Crippen molar-refractivity contribution in [3.05, 3.63) is 65.2 Å². The van der Waals surface area contributed by atoms with Gasteiger partial charge in [-0.1, -0.05) is 19.9 Å². The zero-order valence-corrected chi connectivity index (χ0v) is 14.6. The van der Waals surface area contributed by atoms with E-state index in [1.165, 1.54) is 24.3 Å². The molecule has 3 N–H and O–H groups in total. The molecule has 0 saturated carbocycles. The number of carbonyl (C=O) groups excluding carboxylic acids is 2. The molecule has 0 bridgehead atoms. The molecule has 0 aromatic heterocycles. The third kappa shape index (κ3) is 4.87. The van der Waals surface area contributed by atoms with Crippen LogP contribution in [0.25, 0.3) is 0 Å². The molecule has 0 heterocycles. The number of anilines is 1. The minimum atomic E-state index is -1.10. The summed E-state index contributed by atoms with van der Waals surface area (Å²) in [5, 5.41) is 13.8. The second-order valence-electron chi connectivity index (χ2n) is 6.16. The SMILES string of the molecule is CC(C)C(NC(=O)c1c(F)cccc1F)C(=O)Nc1ccc(C(=O)O)cc1. The van der Waals surface area contributed by atoms with Gasteiger partial charge in [-0.3, -0.25) is 9.59 Å². The number of hydrogen-bond donors (Lipinski definition) is 3. The Hall–Kier alpha value is -3.29. The molecule has 0 aliphatic heterocycles. The van der Waals surface area contributed by atoms with Crippen molar-refractivity contribution in [2.45, 2.75) is 19.9 Å². The highest BCUT2D eigenvalue weighted by Crippen LogP contribution is 2.15. The smallest absolute Gasteiger partial charge is 0.335 e. The molecule has 142 valence electrons. The van der Waals surface area contributed by atoms with Gasteiger partial charge in [0.1, 0.15) is 23.2 Å². The second kappa shape index (κ2) is 8.39. The summed E-state index contributed by atoms with van der Waals surface area (Å²) < 4.78 is 27.5. The topological polar surface area (TPSA) is 95.5 Å². The summed E-state index contributed by atoms with van der Waals surface area (Å²) in [5.74, 6) is -5.17. The minimum Gasteiger partial charge on any atom is -0.478 e. The van der Waals surface area contributed by atoms with Crippen molar-refractivity contribution in [2.24, 2.45) is 5.92 Å². The van der Waals surface area contributed by atoms with Crippen molar-refractivity contribution in [1.29, 1.82) is 0 Å². The average molecular weight is 376 g/mol. The van der Waals surface area contributed by atoms with E-state index in [2.05, 4.69) is 10.6 Å². The normalized spacial score (nSPS) is 11.7. The minimum absolute atomic E-state index is 0.0525. The summed E-state index contributed by atoms with van der Waals surface area (Å²) in [6, 6.07) is 7.41. The number of halogens is 2. The number of carbonyl (C=O) groups is 3. The predicted molar refractivity (Wildman–Crippen MR) is 94.5 cm³/mol. The van der Waals surface area contributed by atoms with Crippen LogP contribution >= 0.6 is 0 Å². The molecule has 2 aromatic rings. The molecule has 2 amide bonds. The fraction of sp³-hybridized carbons (Fsp3) is 0.211. The fourth-order valence-electron chi connectivity index (χ4n) is 2.38. The standard InChI is InChI=1S/C19H18F2N2O4/c1-10(2)16(23-17(24)15-13(20)4-3-5-14(15)21)18(25)22-12-8-6-11(7-9-12)19(26)27/h3-10,16H,1-2H3,(H,22,25)(H,23,24)(H,26,27). The Balaban J connectivity index is 2.15. The van der Waals surface area contributed by atoms with E-state index in [1.807, 2.05) is 0 Å². The average Bonchev–Trinajstić information content (AvgIpc) is 2.59. The Morgan fingerprint density at radius 1 is 0.963 bits per heavy atom. The van der Waals surface area contributed by atoms with Crippen LogP contribution in [0.3, 0.4) is 0 Å². The van der Waals surface area contributed by atoms with Gasteiger partial charge in [0.15, 0.2) is 0 Å². The fourth-order valence-corrected chi connectivity index (χ4v) is 2.38. The number of amides is 2. The zero-order valence-electron chi connectivity index (χ0n) is 14.6. The van der Waals surface area contributed by atoms with E-state index in [1.54, 1.807) is 13.8 Å². The third-order valence-electron chi connectivity index (χ3n) is 3.82. The molecule has 27 heavy (non-hydrogen) atoms. The van der Waals surface area contributed by atoms with E-state index >= 15 is 0 Å². The third-order valence-corrected chi connectivity index (χ3v) is 3.82. The van der Waals surface area contributed by atoms with Crippen LogP contribution in [-0.4, -0.2) is 28.9 Å². The van der Waals surface area contributed by atoms with Crippen LogP contribution in [0.2, 0.25) is 0 Å². The van der Waals surface area contributed by atoms with Gasteiger partial charge in [0.25, 0.3) is 5.91 Å². The van der Waals surface area contributed by atoms with Crippen molar-refractivity contribution in [2.75, 3.05) is 5.32 Å². The molecule has 0 radical (unpaired) electrons. The maximum Gasteiger partial charge on any atom is 0.335 e. The quantitative estimate of drug-likeness (QED) is 0.722. The van der Waals surface area contributed by atoms with Gasteiger partial charge in [0.05, 0.1) is 5.56 Å². The number of benzene rings is 2. The highest BCUT2D eigenvalue weighted by atomic mass is 19.1. The lowest BCUT2D eigenvalue weighted by Gasteiger charge is -2.22. The van der Waals surface area contributed by atoms with Gasteiger partial charge in [0, 0.05) is 5.69 Å². The molecule has 1 unspecified atom stereocenters. The van der Waals surface area contributed by atoms with E-state index in [0.29, 0.717) is 5.69 Å². The van der Waals surface area contributed by atoms with Crippen LogP contribution in [0.5, 0.6) is 0 Å². The van der Waals surface area contributed by atoms with E-state index in [9.17, 15) is 23.2 Å². The predicted octanol–water partition coefficient (Wildman–Crippen LogP) is 3.06. The molecule has 0 spiro atoms. The van der Waals surface area contributed by atoms with Gasteiger partial charge in [-0.15, -0.1) is 0 Å². The van der Waals surface area contributed by atoms with E-state index in [-0.39, 0.29) is 11.5 Å². The Morgan fingerprint density at radius 3 is 2.00 bits per heavy atom. The van der Waals surface area contributed by atoms with Gasteiger partial charge >= 0.3 is 5.97 Å². The first-order valence-electron chi connectivity index (χ1n) is 8.09. The van der Waals surface area contributed by atoms with Gasteiger partial charge in [0.2, 0.25) is 5.91 Å². The summed E-state index contributed by atoms with van der Waals surface area (Å²) >= 11 is 0. The first kappa shape index (κ1) is 20.0. The lowest BCUT2D eigenvalue weighted by Crippen LogP contribution is -2.47. The number of carboxylic acids is 1. The highest BCUT2D eigenvalue weighted by molar-refractivity contribution is 6.01. The number of rotatable bonds is 6. The molecule has 0 fully saturated rings. The molecule has 1 atom stereocenters. The van der Waals surface area contributed by atoms with Gasteiger partial charge in [-0.25, -0.2) is 13.6 Å². The molecule has 8 heteroatoms. The molecule has 2 rings (SSSR count). The first-order chi connectivity index (χ1) is 12.7. The van der Waals surface area contributed by atoms with Crippen molar-refractivity contribution in [3.63, 3.8) is 0 Å². The lowest BCUT2D eigenvalue weighted by atomic mass is 10.0.